The highest BCUT2D eigenvalue weighted by Gasteiger charge is 2.19. The third kappa shape index (κ3) is 7.69. The lowest BCUT2D eigenvalue weighted by atomic mass is 10.1. The van der Waals surface area contributed by atoms with Gasteiger partial charge >= 0.3 is 5.97 Å². The van der Waals surface area contributed by atoms with Crippen LogP contribution in [0, 0.1) is 0 Å². The minimum Gasteiger partial charge on any atom is -0.462 e. The number of hydrogen-bond acceptors (Lipinski definition) is 7. The van der Waals surface area contributed by atoms with E-state index < -0.39 is 0 Å². The van der Waals surface area contributed by atoms with E-state index in [1.807, 2.05) is 24.3 Å². The van der Waals surface area contributed by atoms with Gasteiger partial charge in [0, 0.05) is 52.8 Å². The Balaban J connectivity index is 1.09. The van der Waals surface area contributed by atoms with Crippen LogP contribution in [0.15, 0.2) is 120 Å². The molecule has 5 nitrogen and oxygen atoms in total. The molecule has 230 valence electrons. The minimum absolute atomic E-state index is 0.242. The molecule has 1 aliphatic rings. The van der Waals surface area contributed by atoms with Crippen molar-refractivity contribution in [2.24, 2.45) is 0 Å². The maximum atomic E-state index is 12.8. The number of alkyl halides is 1. The van der Waals surface area contributed by atoms with E-state index in [0.717, 1.165) is 49.3 Å². The van der Waals surface area contributed by atoms with Crippen LogP contribution in [0.2, 0.25) is 0 Å². The number of rotatable bonds is 13. The molecule has 3 aromatic carbocycles. The lowest BCUT2D eigenvalue weighted by molar-refractivity contribution is 0.0497. The van der Waals surface area contributed by atoms with Gasteiger partial charge in [0.1, 0.15) is 0 Å². The predicted octanol–water partition coefficient (Wildman–Crippen LogP) is 10.7. The molecule has 0 amide bonds. The van der Waals surface area contributed by atoms with E-state index >= 15 is 0 Å². The van der Waals surface area contributed by atoms with Gasteiger partial charge in [-0.25, -0.2) is 4.79 Å². The number of carbonyl (C=O) groups is 1. The van der Waals surface area contributed by atoms with Gasteiger partial charge in [-0.15, -0.1) is 22.7 Å². The molecule has 45 heavy (non-hydrogen) atoms. The maximum absolute atomic E-state index is 12.8. The first-order valence-electron chi connectivity index (χ1n) is 15.2. The summed E-state index contributed by atoms with van der Waals surface area (Å²) >= 11 is 7.16. The van der Waals surface area contributed by atoms with Crippen LogP contribution in [0.3, 0.4) is 0 Å². The second kappa shape index (κ2) is 15.0. The van der Waals surface area contributed by atoms with Gasteiger partial charge in [-0.2, -0.15) is 0 Å². The largest absolute Gasteiger partial charge is 0.462 e. The standard InChI is InChI=1S/C37H36BrN3O2S2/c1-39-23-24-40(37(39)38)22-4-2-3-5-25-43-36(42)30-14-20-33(21-15-30)41(31-16-10-28(11-17-31)34-8-6-26-44-34)32-18-12-29(13-19-32)35-9-7-27-45-35/h6-21,23-24,26-27,37H,2-5,22,25H2,1H3. The van der Waals surface area contributed by atoms with E-state index in [1.165, 1.54) is 20.9 Å². The van der Waals surface area contributed by atoms with Crippen LogP contribution in [-0.4, -0.2) is 41.0 Å². The van der Waals surface area contributed by atoms with Crippen LogP contribution >= 0.6 is 38.6 Å². The van der Waals surface area contributed by atoms with Gasteiger partial charge in [-0.3, -0.25) is 0 Å². The van der Waals surface area contributed by atoms with Crippen molar-refractivity contribution in [1.82, 2.24) is 9.80 Å². The number of carbonyl (C=O) groups excluding carboxylic acids is 1. The summed E-state index contributed by atoms with van der Waals surface area (Å²) in [5, 5.41) is 4.44. The molecule has 0 fully saturated rings. The Bertz CT molecular complexity index is 1590. The van der Waals surface area contributed by atoms with Crippen molar-refractivity contribution >= 4 is 61.6 Å². The zero-order valence-corrected chi connectivity index (χ0v) is 28.4. The normalized spacial score (nSPS) is 14.2. The first-order valence-corrected chi connectivity index (χ1v) is 17.9. The number of hydrogen-bond donors (Lipinski definition) is 0. The second-order valence-corrected chi connectivity index (χ2v) is 13.7. The van der Waals surface area contributed by atoms with Crippen molar-refractivity contribution in [2.45, 2.75) is 30.8 Å². The second-order valence-electron chi connectivity index (χ2n) is 11.0. The van der Waals surface area contributed by atoms with Crippen molar-refractivity contribution in [3.05, 3.63) is 126 Å². The van der Waals surface area contributed by atoms with Crippen LogP contribution < -0.4 is 4.90 Å². The molecule has 0 N–H and O–H groups in total. The zero-order valence-electron chi connectivity index (χ0n) is 25.2. The summed E-state index contributed by atoms with van der Waals surface area (Å²) in [6.45, 7) is 1.45. The minimum atomic E-state index is -0.277. The number of unbranched alkanes of at least 4 members (excludes halogenated alkanes) is 3. The van der Waals surface area contributed by atoms with Crippen LogP contribution in [0.25, 0.3) is 20.9 Å². The fourth-order valence-corrected chi connectivity index (χ4v) is 7.32. The molecular weight excluding hydrogens is 662 g/mol. The summed E-state index contributed by atoms with van der Waals surface area (Å²) < 4.78 is 5.62. The molecule has 8 heteroatoms. The average molecular weight is 699 g/mol. The van der Waals surface area contributed by atoms with Crippen molar-refractivity contribution in [3.63, 3.8) is 0 Å². The molecule has 3 heterocycles. The van der Waals surface area contributed by atoms with E-state index in [9.17, 15) is 4.79 Å². The first-order chi connectivity index (χ1) is 22.1. The van der Waals surface area contributed by atoms with E-state index in [2.05, 4.69) is 134 Å². The van der Waals surface area contributed by atoms with E-state index in [1.54, 1.807) is 22.7 Å². The highest BCUT2D eigenvalue weighted by molar-refractivity contribution is 9.09. The Hall–Kier alpha value is -3.85. The number of nitrogens with zero attached hydrogens (tertiary/aromatic N) is 3. The molecule has 0 bridgehead atoms. The molecule has 0 aliphatic carbocycles. The smallest absolute Gasteiger partial charge is 0.338 e. The molecule has 2 aromatic heterocycles. The van der Waals surface area contributed by atoms with Crippen molar-refractivity contribution < 1.29 is 9.53 Å². The molecule has 6 rings (SSSR count). The Morgan fingerprint density at radius 3 is 1.76 bits per heavy atom. The number of halogens is 1. The number of thiophene rings is 2. The highest BCUT2D eigenvalue weighted by Crippen LogP contribution is 2.37. The molecule has 0 radical (unpaired) electrons. The third-order valence-electron chi connectivity index (χ3n) is 7.87. The summed E-state index contributed by atoms with van der Waals surface area (Å²) in [7, 11) is 2.06. The Kier molecular flexibility index (Phi) is 10.4. The molecule has 1 atom stereocenters. The SMILES string of the molecule is CN1C=CN(CCCCCCOC(=O)c2ccc(N(c3ccc(-c4cccs4)cc3)c3ccc(-c4cccs4)cc3)cc2)C1Br. The van der Waals surface area contributed by atoms with Gasteiger partial charge < -0.3 is 19.4 Å². The highest BCUT2D eigenvalue weighted by atomic mass is 79.9. The lowest BCUT2D eigenvalue weighted by Gasteiger charge is -2.26. The average Bonchev–Trinajstić information content (AvgIpc) is 3.87. The summed E-state index contributed by atoms with van der Waals surface area (Å²) in [6.07, 6.45) is 8.33. The quantitative estimate of drug-likeness (QED) is 0.0529. The van der Waals surface area contributed by atoms with Gasteiger partial charge in [0.15, 0.2) is 5.08 Å². The lowest BCUT2D eigenvalue weighted by Crippen LogP contribution is -2.31. The van der Waals surface area contributed by atoms with Gasteiger partial charge in [0.25, 0.3) is 0 Å². The maximum Gasteiger partial charge on any atom is 0.338 e. The number of ether oxygens (including phenoxy) is 1. The van der Waals surface area contributed by atoms with Crippen LogP contribution in [0.5, 0.6) is 0 Å². The number of benzene rings is 3. The van der Waals surface area contributed by atoms with Crippen molar-refractivity contribution in [3.8, 4) is 20.9 Å². The fourth-order valence-electron chi connectivity index (χ4n) is 5.38. The molecular formula is C37H36BrN3O2S2. The summed E-state index contributed by atoms with van der Waals surface area (Å²) in [4.78, 5) is 22.0. The topological polar surface area (TPSA) is 36.0 Å². The Morgan fingerprint density at radius 1 is 0.733 bits per heavy atom. The van der Waals surface area contributed by atoms with Gasteiger partial charge in [-0.1, -0.05) is 42.8 Å². The molecule has 1 unspecified atom stereocenters. The molecule has 0 saturated carbocycles. The molecule has 0 saturated heterocycles. The van der Waals surface area contributed by atoms with Gasteiger partial charge in [0.05, 0.1) is 12.2 Å². The first kappa shape index (κ1) is 31.1. The zero-order chi connectivity index (χ0) is 31.0. The molecule has 0 spiro atoms. The van der Waals surface area contributed by atoms with Crippen molar-refractivity contribution in [2.75, 3.05) is 25.1 Å². The fraction of sp³-hybridized carbons (Fsp3) is 0.216. The summed E-state index contributed by atoms with van der Waals surface area (Å²) in [6, 6.07) is 33.5. The van der Waals surface area contributed by atoms with Crippen LogP contribution in [0.4, 0.5) is 17.1 Å². The van der Waals surface area contributed by atoms with Gasteiger partial charge in [-0.05, 0) is 118 Å². The van der Waals surface area contributed by atoms with E-state index in [0.29, 0.717) is 12.2 Å². The van der Waals surface area contributed by atoms with Gasteiger partial charge in [0.2, 0.25) is 0 Å². The monoisotopic (exact) mass is 697 g/mol. The summed E-state index contributed by atoms with van der Waals surface area (Å²) in [5.74, 6) is -0.277. The number of esters is 1. The van der Waals surface area contributed by atoms with E-state index in [4.69, 9.17) is 4.74 Å². The van der Waals surface area contributed by atoms with Crippen molar-refractivity contribution in [1.29, 1.82) is 0 Å². The Morgan fingerprint density at radius 2 is 1.27 bits per heavy atom. The van der Waals surface area contributed by atoms with E-state index in [-0.39, 0.29) is 11.0 Å². The Labute approximate surface area is 282 Å². The van der Waals surface area contributed by atoms with Crippen LogP contribution in [0.1, 0.15) is 36.0 Å². The van der Waals surface area contributed by atoms with Crippen LogP contribution in [-0.2, 0) is 4.74 Å². The molecule has 1 aliphatic heterocycles. The predicted molar refractivity (Wildman–Crippen MR) is 193 cm³/mol. The molecule has 5 aromatic rings. The number of anilines is 3. The third-order valence-corrected chi connectivity index (χ3v) is 10.9. The summed E-state index contributed by atoms with van der Waals surface area (Å²) in [5.41, 5.74) is 6.04.